The van der Waals surface area contributed by atoms with Crippen LogP contribution in [0.3, 0.4) is 0 Å². The summed E-state index contributed by atoms with van der Waals surface area (Å²) in [6, 6.07) is 10.0. The highest BCUT2D eigenvalue weighted by Crippen LogP contribution is 2.40. The molecule has 0 radical (unpaired) electrons. The standard InChI is InChI=1S/C18H15ClN2O5/c19-14-6-11(7-15-18(14)26-10-25-15)4-5-17(23)21-12-2-1-3-13(8-12)24-9-16(20)22/h1-8H,9-10H2,(H2,20,22)(H,21,23)/b5-4+. The molecule has 3 N–H and O–H groups in total. The van der Waals surface area contributed by atoms with Crippen molar-refractivity contribution in [3.05, 3.63) is 53.1 Å². The summed E-state index contributed by atoms with van der Waals surface area (Å²) in [7, 11) is 0. The van der Waals surface area contributed by atoms with Crippen LogP contribution in [-0.4, -0.2) is 25.2 Å². The second-order valence-electron chi connectivity index (χ2n) is 5.34. The Kier molecular flexibility index (Phi) is 5.28. The minimum atomic E-state index is -0.579. The molecule has 2 amide bonds. The molecule has 0 fully saturated rings. The number of primary amides is 1. The minimum absolute atomic E-state index is 0.122. The van der Waals surface area contributed by atoms with Crippen molar-refractivity contribution in [1.29, 1.82) is 0 Å². The molecule has 1 aliphatic heterocycles. The minimum Gasteiger partial charge on any atom is -0.484 e. The molecule has 8 heteroatoms. The van der Waals surface area contributed by atoms with Gasteiger partial charge in [-0.25, -0.2) is 0 Å². The first-order valence-electron chi connectivity index (χ1n) is 7.60. The lowest BCUT2D eigenvalue weighted by Gasteiger charge is -2.07. The zero-order valence-corrected chi connectivity index (χ0v) is 14.3. The summed E-state index contributed by atoms with van der Waals surface area (Å²) in [6.45, 7) is -0.112. The van der Waals surface area contributed by atoms with Crippen molar-refractivity contribution >= 4 is 35.2 Å². The van der Waals surface area contributed by atoms with E-state index < -0.39 is 5.91 Å². The third-order valence-corrected chi connectivity index (χ3v) is 3.64. The fourth-order valence-corrected chi connectivity index (χ4v) is 2.53. The monoisotopic (exact) mass is 374 g/mol. The first-order chi connectivity index (χ1) is 12.5. The van der Waals surface area contributed by atoms with Gasteiger partial charge in [0.15, 0.2) is 18.1 Å². The molecule has 2 aromatic rings. The van der Waals surface area contributed by atoms with E-state index in [2.05, 4.69) is 5.32 Å². The van der Waals surface area contributed by atoms with Gasteiger partial charge in [0, 0.05) is 17.8 Å². The molecule has 3 rings (SSSR count). The maximum atomic E-state index is 12.1. The van der Waals surface area contributed by atoms with Gasteiger partial charge in [0.05, 0.1) is 5.02 Å². The van der Waals surface area contributed by atoms with Crippen molar-refractivity contribution in [2.24, 2.45) is 5.73 Å². The number of nitrogens with two attached hydrogens (primary N) is 1. The molecule has 1 heterocycles. The van der Waals surface area contributed by atoms with Crippen LogP contribution < -0.4 is 25.3 Å². The van der Waals surface area contributed by atoms with Gasteiger partial charge in [-0.2, -0.15) is 0 Å². The Bertz CT molecular complexity index is 882. The highest BCUT2D eigenvalue weighted by molar-refractivity contribution is 6.32. The van der Waals surface area contributed by atoms with Gasteiger partial charge in [-0.3, -0.25) is 9.59 Å². The number of ether oxygens (including phenoxy) is 3. The van der Waals surface area contributed by atoms with Crippen molar-refractivity contribution < 1.29 is 23.8 Å². The van der Waals surface area contributed by atoms with E-state index in [1.54, 1.807) is 42.5 Å². The Morgan fingerprint density at radius 1 is 1.27 bits per heavy atom. The molecule has 0 atom stereocenters. The normalized spacial score (nSPS) is 12.2. The Labute approximate surface area is 154 Å². The molecular formula is C18H15ClN2O5. The summed E-state index contributed by atoms with van der Waals surface area (Å²) in [6.07, 6.45) is 2.97. The van der Waals surface area contributed by atoms with E-state index in [9.17, 15) is 9.59 Å². The molecule has 0 unspecified atom stereocenters. The zero-order chi connectivity index (χ0) is 18.5. The van der Waals surface area contributed by atoms with E-state index >= 15 is 0 Å². The number of carbonyl (C=O) groups is 2. The van der Waals surface area contributed by atoms with Crippen LogP contribution in [-0.2, 0) is 9.59 Å². The quantitative estimate of drug-likeness (QED) is 0.757. The largest absolute Gasteiger partial charge is 0.484 e. The summed E-state index contributed by atoms with van der Waals surface area (Å²) in [5.41, 5.74) is 6.25. The van der Waals surface area contributed by atoms with E-state index in [1.807, 2.05) is 0 Å². The molecule has 1 aliphatic rings. The number of hydrogen-bond donors (Lipinski definition) is 2. The smallest absolute Gasteiger partial charge is 0.255 e. The Hall–Kier alpha value is -3.19. The van der Waals surface area contributed by atoms with Gasteiger partial charge in [0.1, 0.15) is 5.75 Å². The van der Waals surface area contributed by atoms with Crippen LogP contribution >= 0.6 is 11.6 Å². The van der Waals surface area contributed by atoms with Gasteiger partial charge >= 0.3 is 0 Å². The molecule has 2 aromatic carbocycles. The van der Waals surface area contributed by atoms with E-state index in [0.29, 0.717) is 33.5 Å². The number of benzene rings is 2. The van der Waals surface area contributed by atoms with Crippen LogP contribution in [0, 0.1) is 0 Å². The number of carbonyl (C=O) groups excluding carboxylic acids is 2. The number of halogens is 1. The highest BCUT2D eigenvalue weighted by Gasteiger charge is 2.17. The van der Waals surface area contributed by atoms with E-state index in [-0.39, 0.29) is 19.3 Å². The summed E-state index contributed by atoms with van der Waals surface area (Å²) in [4.78, 5) is 22.8. The van der Waals surface area contributed by atoms with Gasteiger partial charge in [0.2, 0.25) is 12.7 Å². The van der Waals surface area contributed by atoms with E-state index in [0.717, 1.165) is 0 Å². The maximum absolute atomic E-state index is 12.1. The lowest BCUT2D eigenvalue weighted by molar-refractivity contribution is -0.120. The Morgan fingerprint density at radius 2 is 2.12 bits per heavy atom. The van der Waals surface area contributed by atoms with Crippen LogP contribution in [0.2, 0.25) is 5.02 Å². The summed E-state index contributed by atoms with van der Waals surface area (Å²) in [5.74, 6) is 0.543. The van der Waals surface area contributed by atoms with Gasteiger partial charge < -0.3 is 25.3 Å². The number of anilines is 1. The van der Waals surface area contributed by atoms with Gasteiger partial charge in [-0.15, -0.1) is 0 Å². The predicted octanol–water partition coefficient (Wildman–Crippen LogP) is 2.58. The molecular weight excluding hydrogens is 360 g/mol. The molecule has 0 spiro atoms. The highest BCUT2D eigenvalue weighted by atomic mass is 35.5. The van der Waals surface area contributed by atoms with Crippen molar-refractivity contribution in [2.75, 3.05) is 18.7 Å². The molecule has 0 saturated carbocycles. The molecule has 0 aromatic heterocycles. The average molecular weight is 375 g/mol. The van der Waals surface area contributed by atoms with E-state index in [1.165, 1.54) is 6.08 Å². The van der Waals surface area contributed by atoms with Crippen molar-refractivity contribution in [1.82, 2.24) is 0 Å². The Balaban J connectivity index is 1.64. The topological polar surface area (TPSA) is 99.9 Å². The third-order valence-electron chi connectivity index (χ3n) is 3.36. The van der Waals surface area contributed by atoms with Crippen LogP contribution in [0.25, 0.3) is 6.08 Å². The van der Waals surface area contributed by atoms with Crippen LogP contribution in [0.15, 0.2) is 42.5 Å². The van der Waals surface area contributed by atoms with Crippen LogP contribution in [0.5, 0.6) is 17.2 Å². The summed E-state index contributed by atoms with van der Waals surface area (Å²) >= 11 is 6.10. The third kappa shape index (κ3) is 4.46. The second kappa shape index (κ2) is 7.79. The van der Waals surface area contributed by atoms with Crippen molar-refractivity contribution in [2.45, 2.75) is 0 Å². The average Bonchev–Trinajstić information content (AvgIpc) is 3.08. The maximum Gasteiger partial charge on any atom is 0.255 e. The van der Waals surface area contributed by atoms with Crippen molar-refractivity contribution in [3.8, 4) is 17.2 Å². The first-order valence-corrected chi connectivity index (χ1v) is 7.98. The van der Waals surface area contributed by atoms with Gasteiger partial charge in [-0.05, 0) is 35.9 Å². The van der Waals surface area contributed by atoms with Crippen LogP contribution in [0.1, 0.15) is 5.56 Å². The van der Waals surface area contributed by atoms with E-state index in [4.69, 9.17) is 31.5 Å². The fraction of sp³-hybridized carbons (Fsp3) is 0.111. The molecule has 26 heavy (non-hydrogen) atoms. The summed E-state index contributed by atoms with van der Waals surface area (Å²) < 4.78 is 15.7. The van der Waals surface area contributed by atoms with Gasteiger partial charge in [0.25, 0.3) is 5.91 Å². The predicted molar refractivity (Wildman–Crippen MR) is 96.4 cm³/mol. The number of nitrogens with one attached hydrogen (secondary N) is 1. The molecule has 0 saturated heterocycles. The number of fused-ring (bicyclic) bond motifs is 1. The second-order valence-corrected chi connectivity index (χ2v) is 5.75. The summed E-state index contributed by atoms with van der Waals surface area (Å²) in [5, 5.41) is 3.11. The van der Waals surface area contributed by atoms with Gasteiger partial charge in [-0.1, -0.05) is 17.7 Å². The SMILES string of the molecule is NC(=O)COc1cccc(NC(=O)/C=C/c2cc(Cl)c3c(c2)OCO3)c1. The fourth-order valence-electron chi connectivity index (χ4n) is 2.26. The van der Waals surface area contributed by atoms with Crippen LogP contribution in [0.4, 0.5) is 5.69 Å². The van der Waals surface area contributed by atoms with Crippen molar-refractivity contribution in [3.63, 3.8) is 0 Å². The molecule has 7 nitrogen and oxygen atoms in total. The number of hydrogen-bond acceptors (Lipinski definition) is 5. The lowest BCUT2D eigenvalue weighted by Crippen LogP contribution is -2.20. The first kappa shape index (κ1) is 17.6. The molecule has 0 bridgehead atoms. The molecule has 0 aliphatic carbocycles. The zero-order valence-electron chi connectivity index (χ0n) is 13.5. The number of rotatable bonds is 6. The Morgan fingerprint density at radius 3 is 2.92 bits per heavy atom. The molecule has 134 valence electrons. The number of amides is 2. The lowest BCUT2D eigenvalue weighted by atomic mass is 10.2.